The summed E-state index contributed by atoms with van der Waals surface area (Å²) in [6, 6.07) is 1.84. The Kier molecular flexibility index (Phi) is 5.08. The van der Waals surface area contributed by atoms with E-state index in [4.69, 9.17) is 0 Å². The molecule has 0 bridgehead atoms. The van der Waals surface area contributed by atoms with Crippen LogP contribution in [0.1, 0.15) is 55.9 Å². The van der Waals surface area contributed by atoms with Gasteiger partial charge in [-0.15, -0.1) is 11.3 Å². The highest BCUT2D eigenvalue weighted by molar-refractivity contribution is 7.91. The van der Waals surface area contributed by atoms with Crippen LogP contribution < -0.4 is 4.72 Å². The Hall–Kier alpha value is -0.920. The van der Waals surface area contributed by atoms with Crippen molar-refractivity contribution in [1.82, 2.24) is 9.62 Å². The molecule has 1 fully saturated rings. The van der Waals surface area contributed by atoms with Crippen molar-refractivity contribution in [3.8, 4) is 0 Å². The molecular formula is C16H24N2O3S2. The molecule has 1 aliphatic carbocycles. The number of carbonyl (C=O) groups is 1. The van der Waals surface area contributed by atoms with Crippen LogP contribution in [0.2, 0.25) is 0 Å². The summed E-state index contributed by atoms with van der Waals surface area (Å²) in [5.41, 5.74) is 0.993. The second kappa shape index (κ2) is 6.91. The number of carbonyl (C=O) groups excluding carboxylic acids is 1. The zero-order valence-corrected chi connectivity index (χ0v) is 15.1. The molecule has 1 saturated carbocycles. The molecule has 2 aliphatic rings. The summed E-state index contributed by atoms with van der Waals surface area (Å²) >= 11 is 1.36. The number of nitrogens with one attached hydrogen (secondary N) is 1. The molecular weight excluding hydrogens is 332 g/mol. The lowest BCUT2D eigenvalue weighted by atomic mass is 9.96. The first-order valence-corrected chi connectivity index (χ1v) is 10.7. The summed E-state index contributed by atoms with van der Waals surface area (Å²) in [6.45, 7) is 3.09. The van der Waals surface area contributed by atoms with Gasteiger partial charge in [0.2, 0.25) is 15.9 Å². The Morgan fingerprint density at radius 1 is 1.35 bits per heavy atom. The maximum Gasteiger partial charge on any atom is 0.250 e. The number of hydrogen-bond acceptors (Lipinski definition) is 4. The van der Waals surface area contributed by atoms with E-state index in [1.165, 1.54) is 17.8 Å². The molecule has 1 aromatic rings. The first kappa shape index (κ1) is 16.9. The summed E-state index contributed by atoms with van der Waals surface area (Å²) in [6.07, 6.45) is 6.52. The standard InChI is InChI=1S/C16H24N2O3S2/c1-2-15(19)18-9-8-14-12(11-18)10-16(22-14)23(20,21)17-13-6-4-3-5-7-13/h10,13,17H,2-9,11H2,1H3. The van der Waals surface area contributed by atoms with Crippen LogP contribution in [0.15, 0.2) is 10.3 Å². The molecule has 1 N–H and O–H groups in total. The van der Waals surface area contributed by atoms with E-state index in [0.717, 1.165) is 42.5 Å². The number of thiophene rings is 1. The topological polar surface area (TPSA) is 66.5 Å². The van der Waals surface area contributed by atoms with Gasteiger partial charge in [-0.1, -0.05) is 26.2 Å². The Labute approximate surface area is 142 Å². The summed E-state index contributed by atoms with van der Waals surface area (Å²) in [7, 11) is -3.43. The second-order valence-corrected chi connectivity index (χ2v) is 9.47. The van der Waals surface area contributed by atoms with Gasteiger partial charge in [0.25, 0.3) is 0 Å². The minimum atomic E-state index is -3.43. The summed E-state index contributed by atoms with van der Waals surface area (Å²) in [5, 5.41) is 0. The molecule has 128 valence electrons. The zero-order chi connectivity index (χ0) is 16.4. The Balaban J connectivity index is 1.74. The highest BCUT2D eigenvalue weighted by Crippen LogP contribution is 2.32. The van der Waals surface area contributed by atoms with Crippen LogP contribution in [0.3, 0.4) is 0 Å². The number of hydrogen-bond donors (Lipinski definition) is 1. The molecule has 0 spiro atoms. The highest BCUT2D eigenvalue weighted by Gasteiger charge is 2.27. The number of fused-ring (bicyclic) bond motifs is 1. The fraction of sp³-hybridized carbons (Fsp3) is 0.688. The quantitative estimate of drug-likeness (QED) is 0.902. The SMILES string of the molecule is CCC(=O)N1CCc2sc(S(=O)(=O)NC3CCCCC3)cc2C1. The highest BCUT2D eigenvalue weighted by atomic mass is 32.2. The average molecular weight is 357 g/mol. The second-order valence-electron chi connectivity index (χ2n) is 6.39. The summed E-state index contributed by atoms with van der Waals surface area (Å²) in [4.78, 5) is 14.8. The van der Waals surface area contributed by atoms with Gasteiger partial charge in [-0.25, -0.2) is 13.1 Å². The Bertz CT molecular complexity index is 675. The first-order valence-electron chi connectivity index (χ1n) is 8.41. The van der Waals surface area contributed by atoms with E-state index in [1.807, 2.05) is 11.8 Å². The molecule has 5 nitrogen and oxygen atoms in total. The molecule has 1 aliphatic heterocycles. The normalized spacial score (nSPS) is 19.6. The van der Waals surface area contributed by atoms with Crippen LogP contribution in [0, 0.1) is 0 Å². The molecule has 0 unspecified atom stereocenters. The van der Waals surface area contributed by atoms with Gasteiger partial charge in [-0.2, -0.15) is 0 Å². The molecule has 3 rings (SSSR count). The minimum absolute atomic E-state index is 0.0750. The first-order chi connectivity index (χ1) is 11.0. The summed E-state index contributed by atoms with van der Waals surface area (Å²) in [5.74, 6) is 0.131. The molecule has 1 amide bonds. The molecule has 0 saturated heterocycles. The monoisotopic (exact) mass is 356 g/mol. The lowest BCUT2D eigenvalue weighted by molar-refractivity contribution is -0.131. The van der Waals surface area contributed by atoms with Crippen molar-refractivity contribution < 1.29 is 13.2 Å². The predicted octanol–water partition coefficient (Wildman–Crippen LogP) is 2.65. The predicted molar refractivity (Wildman–Crippen MR) is 90.9 cm³/mol. The molecule has 0 aromatic carbocycles. The lowest BCUT2D eigenvalue weighted by Crippen LogP contribution is -2.35. The van der Waals surface area contributed by atoms with Crippen molar-refractivity contribution in [2.24, 2.45) is 0 Å². The van der Waals surface area contributed by atoms with Crippen molar-refractivity contribution >= 4 is 27.3 Å². The number of rotatable bonds is 4. The molecule has 0 atom stereocenters. The van der Waals surface area contributed by atoms with Crippen molar-refractivity contribution in [2.75, 3.05) is 6.54 Å². The van der Waals surface area contributed by atoms with E-state index in [2.05, 4.69) is 4.72 Å². The maximum absolute atomic E-state index is 12.6. The third-order valence-corrected chi connectivity index (χ3v) is 7.92. The van der Waals surface area contributed by atoms with Crippen molar-refractivity contribution in [3.63, 3.8) is 0 Å². The minimum Gasteiger partial charge on any atom is -0.338 e. The van der Waals surface area contributed by atoms with Gasteiger partial charge < -0.3 is 4.90 Å². The van der Waals surface area contributed by atoms with E-state index in [0.29, 0.717) is 23.7 Å². The van der Waals surface area contributed by atoms with Crippen LogP contribution in [0.5, 0.6) is 0 Å². The number of nitrogens with zero attached hydrogens (tertiary/aromatic N) is 1. The van der Waals surface area contributed by atoms with E-state index in [-0.39, 0.29) is 11.9 Å². The Morgan fingerprint density at radius 3 is 2.78 bits per heavy atom. The van der Waals surface area contributed by atoms with Crippen molar-refractivity contribution in [3.05, 3.63) is 16.5 Å². The number of sulfonamides is 1. The molecule has 7 heteroatoms. The average Bonchev–Trinajstić information content (AvgIpc) is 2.98. The fourth-order valence-corrected chi connectivity index (χ4v) is 6.24. The van der Waals surface area contributed by atoms with Gasteiger partial charge in [-0.3, -0.25) is 4.79 Å². The van der Waals surface area contributed by atoms with Crippen molar-refractivity contribution in [1.29, 1.82) is 0 Å². The van der Waals surface area contributed by atoms with E-state index < -0.39 is 10.0 Å². The third-order valence-electron chi connectivity index (χ3n) is 4.69. The summed E-state index contributed by atoms with van der Waals surface area (Å²) < 4.78 is 28.5. The molecule has 1 aromatic heterocycles. The van der Waals surface area contributed by atoms with Gasteiger partial charge >= 0.3 is 0 Å². The smallest absolute Gasteiger partial charge is 0.250 e. The zero-order valence-electron chi connectivity index (χ0n) is 13.5. The van der Waals surface area contributed by atoms with Gasteiger partial charge in [0.1, 0.15) is 4.21 Å². The van der Waals surface area contributed by atoms with Crippen LogP contribution in [-0.2, 0) is 27.8 Å². The van der Waals surface area contributed by atoms with Crippen LogP contribution in [0.4, 0.5) is 0 Å². The van der Waals surface area contributed by atoms with E-state index in [9.17, 15) is 13.2 Å². The van der Waals surface area contributed by atoms with Gasteiger partial charge in [0.15, 0.2) is 0 Å². The largest absolute Gasteiger partial charge is 0.338 e. The van der Waals surface area contributed by atoms with Gasteiger partial charge in [-0.05, 0) is 30.9 Å². The van der Waals surface area contributed by atoms with Gasteiger partial charge in [0, 0.05) is 30.4 Å². The molecule has 2 heterocycles. The molecule has 23 heavy (non-hydrogen) atoms. The Morgan fingerprint density at radius 2 is 2.09 bits per heavy atom. The van der Waals surface area contributed by atoms with E-state index >= 15 is 0 Å². The van der Waals surface area contributed by atoms with Crippen LogP contribution in [0.25, 0.3) is 0 Å². The van der Waals surface area contributed by atoms with Gasteiger partial charge in [0.05, 0.1) is 0 Å². The fourth-order valence-electron chi connectivity index (χ4n) is 3.37. The van der Waals surface area contributed by atoms with E-state index in [1.54, 1.807) is 6.07 Å². The maximum atomic E-state index is 12.6. The lowest BCUT2D eigenvalue weighted by Gasteiger charge is -2.26. The molecule has 0 radical (unpaired) electrons. The van der Waals surface area contributed by atoms with Crippen LogP contribution >= 0.6 is 11.3 Å². The van der Waals surface area contributed by atoms with Crippen molar-refractivity contribution in [2.45, 2.75) is 68.7 Å². The third kappa shape index (κ3) is 3.78. The van der Waals surface area contributed by atoms with Crippen LogP contribution in [-0.4, -0.2) is 31.8 Å². The number of amides is 1.